The van der Waals surface area contributed by atoms with Gasteiger partial charge in [0.15, 0.2) is 0 Å². The van der Waals surface area contributed by atoms with E-state index in [2.05, 4.69) is 5.32 Å². The van der Waals surface area contributed by atoms with Crippen LogP contribution in [-0.4, -0.2) is 6.54 Å². The largest absolute Gasteiger partial charge is 0.312 e. The molecule has 72 valence electrons. The molecule has 3 heteroatoms. The van der Waals surface area contributed by atoms with Gasteiger partial charge in [0.05, 0.1) is 0 Å². The Kier molecular flexibility index (Phi) is 1.82. The number of hydrogen-bond acceptors (Lipinski definition) is 2. The Morgan fingerprint density at radius 1 is 1.36 bits per heavy atom. The molecule has 0 saturated carbocycles. The first-order valence-electron chi connectivity index (χ1n) is 4.75. The fraction of sp³-hybridized carbons (Fsp3) is 0.273. The number of fused-ring (bicyclic) bond motifs is 3. The summed E-state index contributed by atoms with van der Waals surface area (Å²) in [5.41, 5.74) is 1.35. The van der Waals surface area contributed by atoms with Gasteiger partial charge in [-0.1, -0.05) is 0 Å². The molecule has 1 aromatic carbocycles. The number of nitrogens with one attached hydrogen (secondary N) is 1. The standard InChI is InChI=1S/C11H10FNS/c12-7-1-2-10-9(5-7)8-3-4-13-6-11(8)14-10/h1-2,5,13H,3-4,6H2. The first-order valence-corrected chi connectivity index (χ1v) is 5.57. The van der Waals surface area contributed by atoms with Crippen molar-refractivity contribution in [2.45, 2.75) is 13.0 Å². The van der Waals surface area contributed by atoms with Crippen LogP contribution in [0.25, 0.3) is 10.1 Å². The van der Waals surface area contributed by atoms with Crippen LogP contribution in [0.4, 0.5) is 4.39 Å². The van der Waals surface area contributed by atoms with E-state index in [1.807, 2.05) is 6.07 Å². The lowest BCUT2D eigenvalue weighted by Crippen LogP contribution is -2.21. The van der Waals surface area contributed by atoms with Crippen LogP contribution in [0.1, 0.15) is 10.4 Å². The summed E-state index contributed by atoms with van der Waals surface area (Å²) in [6.07, 6.45) is 1.03. The molecule has 1 N–H and O–H groups in total. The van der Waals surface area contributed by atoms with Gasteiger partial charge in [-0.2, -0.15) is 0 Å². The summed E-state index contributed by atoms with van der Waals surface area (Å²) in [6.45, 7) is 1.95. The predicted molar refractivity (Wildman–Crippen MR) is 57.2 cm³/mol. The lowest BCUT2D eigenvalue weighted by atomic mass is 10.1. The second kappa shape index (κ2) is 3.04. The van der Waals surface area contributed by atoms with Crippen molar-refractivity contribution in [1.82, 2.24) is 5.32 Å². The van der Waals surface area contributed by atoms with Gasteiger partial charge in [0.1, 0.15) is 5.82 Å². The minimum atomic E-state index is -0.128. The van der Waals surface area contributed by atoms with Gasteiger partial charge < -0.3 is 5.32 Å². The highest BCUT2D eigenvalue weighted by atomic mass is 32.1. The molecule has 1 aliphatic rings. The van der Waals surface area contributed by atoms with Crippen molar-refractivity contribution in [2.24, 2.45) is 0 Å². The highest BCUT2D eigenvalue weighted by Crippen LogP contribution is 2.33. The van der Waals surface area contributed by atoms with E-state index in [9.17, 15) is 4.39 Å². The summed E-state index contributed by atoms with van der Waals surface area (Å²) in [4.78, 5) is 1.37. The van der Waals surface area contributed by atoms with E-state index >= 15 is 0 Å². The van der Waals surface area contributed by atoms with Gasteiger partial charge >= 0.3 is 0 Å². The molecule has 0 unspecified atom stereocenters. The number of halogens is 1. The monoisotopic (exact) mass is 207 g/mol. The summed E-state index contributed by atoms with van der Waals surface area (Å²) in [7, 11) is 0. The molecule has 1 aliphatic heterocycles. The van der Waals surface area contributed by atoms with E-state index in [-0.39, 0.29) is 5.82 Å². The van der Waals surface area contributed by atoms with Crippen LogP contribution >= 0.6 is 11.3 Å². The van der Waals surface area contributed by atoms with Gasteiger partial charge in [-0.25, -0.2) is 4.39 Å². The van der Waals surface area contributed by atoms with E-state index in [1.54, 1.807) is 17.4 Å². The fourth-order valence-corrected chi connectivity index (χ4v) is 3.21. The zero-order valence-electron chi connectivity index (χ0n) is 7.64. The number of thiophene rings is 1. The van der Waals surface area contributed by atoms with Crippen LogP contribution < -0.4 is 5.32 Å². The van der Waals surface area contributed by atoms with Crippen LogP contribution in [0.3, 0.4) is 0 Å². The lowest BCUT2D eigenvalue weighted by molar-refractivity contribution is 0.629. The first-order chi connectivity index (χ1) is 6.84. The third-order valence-electron chi connectivity index (χ3n) is 2.67. The van der Waals surface area contributed by atoms with E-state index in [4.69, 9.17) is 0 Å². The van der Waals surface area contributed by atoms with Crippen LogP contribution in [0.5, 0.6) is 0 Å². The van der Waals surface area contributed by atoms with E-state index in [1.165, 1.54) is 21.2 Å². The molecule has 0 bridgehead atoms. The van der Waals surface area contributed by atoms with Crippen molar-refractivity contribution in [2.75, 3.05) is 6.54 Å². The minimum Gasteiger partial charge on any atom is -0.312 e. The summed E-state index contributed by atoms with van der Waals surface area (Å²) in [5.74, 6) is -0.128. The van der Waals surface area contributed by atoms with Gasteiger partial charge in [-0.05, 0) is 42.1 Å². The molecule has 1 aromatic heterocycles. The fourth-order valence-electron chi connectivity index (χ4n) is 2.00. The van der Waals surface area contributed by atoms with Crippen molar-refractivity contribution >= 4 is 21.4 Å². The normalized spacial score (nSPS) is 15.8. The van der Waals surface area contributed by atoms with E-state index < -0.39 is 0 Å². The zero-order valence-corrected chi connectivity index (χ0v) is 8.46. The molecular weight excluding hydrogens is 197 g/mol. The van der Waals surface area contributed by atoms with Gasteiger partial charge in [0, 0.05) is 16.1 Å². The highest BCUT2D eigenvalue weighted by Gasteiger charge is 2.15. The third kappa shape index (κ3) is 1.16. The molecule has 14 heavy (non-hydrogen) atoms. The Bertz CT molecular complexity index is 489. The molecule has 0 aliphatic carbocycles. The molecule has 3 rings (SSSR count). The average molecular weight is 207 g/mol. The van der Waals surface area contributed by atoms with Crippen molar-refractivity contribution in [3.63, 3.8) is 0 Å². The molecule has 0 fully saturated rings. The molecular formula is C11H10FNS. The number of benzene rings is 1. The van der Waals surface area contributed by atoms with Crippen molar-refractivity contribution in [3.8, 4) is 0 Å². The Balaban J connectivity index is 2.32. The quantitative estimate of drug-likeness (QED) is 0.700. The van der Waals surface area contributed by atoms with Crippen LogP contribution in [0.15, 0.2) is 18.2 Å². The predicted octanol–water partition coefficient (Wildman–Crippen LogP) is 2.69. The molecule has 1 nitrogen and oxygen atoms in total. The van der Waals surface area contributed by atoms with Gasteiger partial charge in [0.25, 0.3) is 0 Å². The second-order valence-corrected chi connectivity index (χ2v) is 4.71. The molecule has 0 saturated heterocycles. The Labute approximate surface area is 85.6 Å². The van der Waals surface area contributed by atoms with Crippen LogP contribution in [0.2, 0.25) is 0 Å². The molecule has 0 radical (unpaired) electrons. The maximum Gasteiger partial charge on any atom is 0.123 e. The average Bonchev–Trinajstić information content (AvgIpc) is 2.56. The zero-order chi connectivity index (χ0) is 9.54. The van der Waals surface area contributed by atoms with Gasteiger partial charge in [-0.3, -0.25) is 0 Å². The SMILES string of the molecule is Fc1ccc2sc3c(c2c1)CCNC3. The summed E-state index contributed by atoms with van der Waals surface area (Å²) < 4.78 is 14.3. The number of hydrogen-bond donors (Lipinski definition) is 1. The summed E-state index contributed by atoms with van der Waals surface area (Å²) >= 11 is 1.78. The van der Waals surface area contributed by atoms with E-state index in [0.29, 0.717) is 0 Å². The molecule has 0 atom stereocenters. The lowest BCUT2D eigenvalue weighted by Gasteiger charge is -2.12. The van der Waals surface area contributed by atoms with Gasteiger partial charge in [0.2, 0.25) is 0 Å². The molecule has 0 amide bonds. The van der Waals surface area contributed by atoms with Gasteiger partial charge in [-0.15, -0.1) is 11.3 Å². The highest BCUT2D eigenvalue weighted by molar-refractivity contribution is 7.19. The summed E-state index contributed by atoms with van der Waals surface area (Å²) in [5, 5.41) is 4.45. The number of rotatable bonds is 0. The molecule has 0 spiro atoms. The molecule has 2 aromatic rings. The molecule has 2 heterocycles. The Morgan fingerprint density at radius 2 is 2.29 bits per heavy atom. The Morgan fingerprint density at radius 3 is 3.21 bits per heavy atom. The maximum atomic E-state index is 13.1. The summed E-state index contributed by atoms with van der Waals surface area (Å²) in [6, 6.07) is 5.08. The second-order valence-electron chi connectivity index (χ2n) is 3.57. The third-order valence-corrected chi connectivity index (χ3v) is 3.89. The smallest absolute Gasteiger partial charge is 0.123 e. The Hall–Kier alpha value is -0.930. The minimum absolute atomic E-state index is 0.128. The van der Waals surface area contributed by atoms with Crippen LogP contribution in [-0.2, 0) is 13.0 Å². The van der Waals surface area contributed by atoms with E-state index in [0.717, 1.165) is 24.9 Å². The van der Waals surface area contributed by atoms with Crippen molar-refractivity contribution in [1.29, 1.82) is 0 Å². The maximum absolute atomic E-state index is 13.1. The topological polar surface area (TPSA) is 12.0 Å². The van der Waals surface area contributed by atoms with Crippen molar-refractivity contribution in [3.05, 3.63) is 34.5 Å². The van der Waals surface area contributed by atoms with Crippen LogP contribution in [0, 0.1) is 5.82 Å². The first kappa shape index (κ1) is 8.38. The van der Waals surface area contributed by atoms with Crippen molar-refractivity contribution < 1.29 is 4.39 Å².